The minimum atomic E-state index is -0.301. The van der Waals surface area contributed by atoms with Crippen LogP contribution in [0.25, 0.3) is 0 Å². The van der Waals surface area contributed by atoms with Crippen molar-refractivity contribution in [3.8, 4) is 0 Å². The SMILES string of the molecule is O=C1C[C@H]2CCC[C@@H](CN1)N2C(=O)OCc1ccccc1. The van der Waals surface area contributed by atoms with Crippen molar-refractivity contribution >= 4 is 12.0 Å². The van der Waals surface area contributed by atoms with Gasteiger partial charge in [-0.15, -0.1) is 0 Å². The van der Waals surface area contributed by atoms with Crippen molar-refractivity contribution in [2.75, 3.05) is 6.54 Å². The first-order chi connectivity index (χ1) is 10.2. The van der Waals surface area contributed by atoms with Gasteiger partial charge in [-0.1, -0.05) is 30.3 Å². The second kappa shape index (κ2) is 6.16. The number of benzene rings is 1. The van der Waals surface area contributed by atoms with Crippen LogP contribution in [0.15, 0.2) is 30.3 Å². The van der Waals surface area contributed by atoms with Crippen LogP contribution >= 0.6 is 0 Å². The lowest BCUT2D eigenvalue weighted by molar-refractivity contribution is -0.121. The Morgan fingerprint density at radius 2 is 2.00 bits per heavy atom. The third-order valence-corrected chi connectivity index (χ3v) is 4.23. The van der Waals surface area contributed by atoms with E-state index < -0.39 is 0 Å². The number of nitrogens with zero attached hydrogens (tertiary/aromatic N) is 1. The van der Waals surface area contributed by atoms with E-state index in [2.05, 4.69) is 5.32 Å². The van der Waals surface area contributed by atoms with Crippen LogP contribution in [0.5, 0.6) is 0 Å². The van der Waals surface area contributed by atoms with Crippen LogP contribution in [0.1, 0.15) is 31.2 Å². The molecule has 2 amide bonds. The van der Waals surface area contributed by atoms with E-state index in [1.165, 1.54) is 0 Å². The van der Waals surface area contributed by atoms with Crippen molar-refractivity contribution in [2.24, 2.45) is 0 Å². The first-order valence-corrected chi connectivity index (χ1v) is 7.50. The Kier molecular flexibility index (Phi) is 4.08. The highest BCUT2D eigenvalue weighted by Gasteiger charge is 2.38. The lowest BCUT2D eigenvalue weighted by atomic mass is 9.95. The summed E-state index contributed by atoms with van der Waals surface area (Å²) < 4.78 is 5.44. The number of hydrogen-bond donors (Lipinski definition) is 1. The smallest absolute Gasteiger partial charge is 0.410 e. The maximum absolute atomic E-state index is 12.4. The summed E-state index contributed by atoms with van der Waals surface area (Å²) in [6.07, 6.45) is 2.95. The average molecular weight is 288 g/mol. The van der Waals surface area contributed by atoms with Crippen LogP contribution in [-0.4, -0.2) is 35.5 Å². The lowest BCUT2D eigenvalue weighted by Crippen LogP contribution is -2.51. The standard InChI is InChI=1S/C16H20N2O3/c19-15-9-13-7-4-8-14(10-17-15)18(13)16(20)21-11-12-5-2-1-3-6-12/h1-3,5-6,13-14H,4,7-11H2,(H,17,19)/t13-,14+/m1/s1. The summed E-state index contributed by atoms with van der Waals surface area (Å²) in [6, 6.07) is 9.69. The van der Waals surface area contributed by atoms with Gasteiger partial charge in [0.2, 0.25) is 5.91 Å². The number of carbonyl (C=O) groups excluding carboxylic acids is 2. The zero-order chi connectivity index (χ0) is 14.7. The molecule has 2 fully saturated rings. The molecule has 2 aliphatic heterocycles. The van der Waals surface area contributed by atoms with Gasteiger partial charge in [-0.2, -0.15) is 0 Å². The maximum atomic E-state index is 12.4. The van der Waals surface area contributed by atoms with Crippen LogP contribution in [0.4, 0.5) is 4.79 Å². The fraction of sp³-hybridized carbons (Fsp3) is 0.500. The van der Waals surface area contributed by atoms with Crippen molar-refractivity contribution in [2.45, 2.75) is 44.4 Å². The molecule has 0 aliphatic carbocycles. The Morgan fingerprint density at radius 3 is 2.81 bits per heavy atom. The van der Waals surface area contributed by atoms with Crippen molar-refractivity contribution < 1.29 is 14.3 Å². The highest BCUT2D eigenvalue weighted by atomic mass is 16.6. The molecule has 5 heteroatoms. The number of hydrogen-bond acceptors (Lipinski definition) is 3. The van der Waals surface area contributed by atoms with E-state index >= 15 is 0 Å². The molecule has 1 aromatic rings. The molecule has 21 heavy (non-hydrogen) atoms. The fourth-order valence-corrected chi connectivity index (χ4v) is 3.18. The van der Waals surface area contributed by atoms with Gasteiger partial charge < -0.3 is 10.1 Å². The van der Waals surface area contributed by atoms with Crippen LogP contribution in [0, 0.1) is 0 Å². The van der Waals surface area contributed by atoms with Gasteiger partial charge in [-0.05, 0) is 24.8 Å². The number of nitrogens with one attached hydrogen (secondary N) is 1. The highest BCUT2D eigenvalue weighted by molar-refractivity contribution is 5.79. The molecule has 2 aliphatic rings. The van der Waals surface area contributed by atoms with Crippen LogP contribution < -0.4 is 5.32 Å². The number of fused-ring (bicyclic) bond motifs is 2. The van der Waals surface area contributed by atoms with E-state index in [1.807, 2.05) is 30.3 Å². The predicted octanol–water partition coefficient (Wildman–Crippen LogP) is 2.07. The van der Waals surface area contributed by atoms with E-state index in [9.17, 15) is 9.59 Å². The fourth-order valence-electron chi connectivity index (χ4n) is 3.18. The summed E-state index contributed by atoms with van der Waals surface area (Å²) in [7, 11) is 0. The molecule has 2 heterocycles. The molecule has 0 saturated carbocycles. The number of piperidine rings is 1. The van der Waals surface area contributed by atoms with Gasteiger partial charge in [-0.25, -0.2) is 4.79 Å². The summed E-state index contributed by atoms with van der Waals surface area (Å²) in [5.41, 5.74) is 0.972. The van der Waals surface area contributed by atoms with E-state index in [0.29, 0.717) is 13.0 Å². The normalized spacial score (nSPS) is 25.0. The summed E-state index contributed by atoms with van der Waals surface area (Å²) in [6.45, 7) is 0.812. The monoisotopic (exact) mass is 288 g/mol. The van der Waals surface area contributed by atoms with Crippen LogP contribution in [0.2, 0.25) is 0 Å². The van der Waals surface area contributed by atoms with Crippen molar-refractivity contribution in [3.63, 3.8) is 0 Å². The number of carbonyl (C=O) groups is 2. The lowest BCUT2D eigenvalue weighted by Gasteiger charge is -2.38. The molecular formula is C16H20N2O3. The number of ether oxygens (including phenoxy) is 1. The van der Waals surface area contributed by atoms with E-state index in [4.69, 9.17) is 4.74 Å². The topological polar surface area (TPSA) is 58.6 Å². The zero-order valence-electron chi connectivity index (χ0n) is 12.0. The van der Waals surface area contributed by atoms with E-state index in [0.717, 1.165) is 24.8 Å². The van der Waals surface area contributed by atoms with Crippen LogP contribution in [0.3, 0.4) is 0 Å². The van der Waals surface area contributed by atoms with Gasteiger partial charge in [0.05, 0.1) is 6.04 Å². The minimum Gasteiger partial charge on any atom is -0.445 e. The molecule has 2 atom stereocenters. The second-order valence-corrected chi connectivity index (χ2v) is 5.69. The molecule has 5 nitrogen and oxygen atoms in total. The Balaban J connectivity index is 1.66. The van der Waals surface area contributed by atoms with Gasteiger partial charge >= 0.3 is 6.09 Å². The van der Waals surface area contributed by atoms with Crippen molar-refractivity contribution in [3.05, 3.63) is 35.9 Å². The molecule has 0 unspecified atom stereocenters. The van der Waals surface area contributed by atoms with Gasteiger partial charge in [0.1, 0.15) is 6.61 Å². The Hall–Kier alpha value is -2.04. The predicted molar refractivity (Wildman–Crippen MR) is 77.5 cm³/mol. The van der Waals surface area contributed by atoms with E-state index in [-0.39, 0.29) is 30.7 Å². The first-order valence-electron chi connectivity index (χ1n) is 7.50. The van der Waals surface area contributed by atoms with Gasteiger partial charge in [0.25, 0.3) is 0 Å². The molecule has 0 aromatic heterocycles. The van der Waals surface area contributed by atoms with Gasteiger partial charge in [0, 0.05) is 19.0 Å². The number of rotatable bonds is 2. The van der Waals surface area contributed by atoms with Crippen LogP contribution in [-0.2, 0) is 16.1 Å². The Morgan fingerprint density at radius 1 is 1.24 bits per heavy atom. The molecule has 0 radical (unpaired) electrons. The quantitative estimate of drug-likeness (QED) is 0.906. The molecule has 0 spiro atoms. The molecule has 2 bridgehead atoms. The average Bonchev–Trinajstić information content (AvgIpc) is 2.60. The maximum Gasteiger partial charge on any atom is 0.410 e. The molecule has 1 N–H and O–H groups in total. The molecule has 112 valence electrons. The first kappa shape index (κ1) is 13.9. The Labute approximate surface area is 124 Å². The summed E-state index contributed by atoms with van der Waals surface area (Å²) in [5.74, 6) is 0.0326. The minimum absolute atomic E-state index is 0.0190. The molecular weight excluding hydrogens is 268 g/mol. The largest absolute Gasteiger partial charge is 0.445 e. The van der Waals surface area contributed by atoms with Crippen molar-refractivity contribution in [1.82, 2.24) is 10.2 Å². The summed E-state index contributed by atoms with van der Waals surface area (Å²) in [4.78, 5) is 25.9. The Bertz CT molecular complexity index is 518. The van der Waals surface area contributed by atoms with E-state index in [1.54, 1.807) is 4.90 Å². The summed E-state index contributed by atoms with van der Waals surface area (Å²) in [5, 5.41) is 2.89. The highest BCUT2D eigenvalue weighted by Crippen LogP contribution is 2.27. The number of amides is 2. The third kappa shape index (κ3) is 3.17. The van der Waals surface area contributed by atoms with Crippen molar-refractivity contribution in [1.29, 1.82) is 0 Å². The van der Waals surface area contributed by atoms with Gasteiger partial charge in [0.15, 0.2) is 0 Å². The molecule has 3 rings (SSSR count). The summed E-state index contributed by atoms with van der Waals surface area (Å²) >= 11 is 0. The second-order valence-electron chi connectivity index (χ2n) is 5.69. The molecule has 1 aromatic carbocycles. The third-order valence-electron chi connectivity index (χ3n) is 4.23. The zero-order valence-corrected chi connectivity index (χ0v) is 12.0. The van der Waals surface area contributed by atoms with Gasteiger partial charge in [-0.3, -0.25) is 9.69 Å². The molecule has 2 saturated heterocycles.